The van der Waals surface area contributed by atoms with Crippen molar-refractivity contribution in [3.05, 3.63) is 69.8 Å². The summed E-state index contributed by atoms with van der Waals surface area (Å²) < 4.78 is 56.1. The van der Waals surface area contributed by atoms with E-state index in [0.29, 0.717) is 36.8 Å². The molecule has 2 aromatic carbocycles. The van der Waals surface area contributed by atoms with Crippen LogP contribution in [0.5, 0.6) is 0 Å². The van der Waals surface area contributed by atoms with E-state index in [1.165, 1.54) is 18.2 Å². The van der Waals surface area contributed by atoms with Gasteiger partial charge >= 0.3 is 0 Å². The maximum atomic E-state index is 14.6. The van der Waals surface area contributed by atoms with Crippen LogP contribution in [0.25, 0.3) is 0 Å². The van der Waals surface area contributed by atoms with Gasteiger partial charge < -0.3 is 0 Å². The van der Waals surface area contributed by atoms with Gasteiger partial charge in [-0.1, -0.05) is 26.2 Å². The number of unbranched alkanes of at least 4 members (excludes halogenated alkanes) is 3. The summed E-state index contributed by atoms with van der Waals surface area (Å²) >= 11 is 0. The molecule has 0 bridgehead atoms. The van der Waals surface area contributed by atoms with Crippen molar-refractivity contribution < 1.29 is 17.6 Å². The standard InChI is InChI=1S/C22H24F4/c1-2-3-4-5-6-14-9-20(25)22(21(26)10-14)16-8-7-15-12-18(23)19(24)13-17(15)11-16/h9-10,12-13,16H,2-8,11H2,1H3. The molecule has 1 aliphatic rings. The molecule has 0 amide bonds. The van der Waals surface area contributed by atoms with E-state index in [1.807, 2.05) is 0 Å². The molecular weight excluding hydrogens is 340 g/mol. The Kier molecular flexibility index (Phi) is 6.00. The Morgan fingerprint density at radius 3 is 2.12 bits per heavy atom. The van der Waals surface area contributed by atoms with Gasteiger partial charge in [-0.15, -0.1) is 0 Å². The second-order valence-electron chi connectivity index (χ2n) is 7.26. The third kappa shape index (κ3) is 4.11. The summed E-state index contributed by atoms with van der Waals surface area (Å²) in [4.78, 5) is 0. The smallest absolute Gasteiger partial charge is 0.159 e. The van der Waals surface area contributed by atoms with Crippen molar-refractivity contribution in [1.82, 2.24) is 0 Å². The highest BCUT2D eigenvalue weighted by Gasteiger charge is 2.27. The van der Waals surface area contributed by atoms with Gasteiger partial charge in [-0.3, -0.25) is 0 Å². The highest BCUT2D eigenvalue weighted by Crippen LogP contribution is 2.36. The van der Waals surface area contributed by atoms with Crippen LogP contribution in [0.3, 0.4) is 0 Å². The molecule has 0 fully saturated rings. The first-order valence-electron chi connectivity index (χ1n) is 9.44. The molecule has 1 unspecified atom stereocenters. The predicted octanol–water partition coefficient (Wildman–Crippen LogP) is 6.64. The predicted molar refractivity (Wildman–Crippen MR) is 95.3 cm³/mol. The number of rotatable bonds is 6. The van der Waals surface area contributed by atoms with Crippen molar-refractivity contribution in [2.24, 2.45) is 0 Å². The van der Waals surface area contributed by atoms with E-state index in [2.05, 4.69) is 6.92 Å². The van der Waals surface area contributed by atoms with E-state index in [4.69, 9.17) is 0 Å². The minimum Gasteiger partial charge on any atom is -0.207 e. The maximum absolute atomic E-state index is 14.6. The Morgan fingerprint density at radius 1 is 0.808 bits per heavy atom. The molecule has 0 nitrogen and oxygen atoms in total. The molecule has 0 heterocycles. The van der Waals surface area contributed by atoms with Gasteiger partial charge in [0.2, 0.25) is 0 Å². The Bertz CT molecular complexity index is 759. The molecule has 0 spiro atoms. The van der Waals surface area contributed by atoms with Gasteiger partial charge in [-0.25, -0.2) is 17.6 Å². The van der Waals surface area contributed by atoms with Crippen molar-refractivity contribution in [3.8, 4) is 0 Å². The van der Waals surface area contributed by atoms with E-state index in [0.717, 1.165) is 37.3 Å². The lowest BCUT2D eigenvalue weighted by atomic mass is 9.79. The van der Waals surface area contributed by atoms with Crippen molar-refractivity contribution >= 4 is 0 Å². The van der Waals surface area contributed by atoms with E-state index >= 15 is 0 Å². The topological polar surface area (TPSA) is 0 Å². The molecule has 0 radical (unpaired) electrons. The van der Waals surface area contributed by atoms with Gasteiger partial charge in [0.1, 0.15) is 11.6 Å². The first kappa shape index (κ1) is 18.9. The number of halogens is 4. The first-order chi connectivity index (χ1) is 12.5. The van der Waals surface area contributed by atoms with Crippen LogP contribution in [0.15, 0.2) is 24.3 Å². The molecule has 2 aromatic rings. The highest BCUT2D eigenvalue weighted by molar-refractivity contribution is 5.37. The fourth-order valence-electron chi connectivity index (χ4n) is 3.92. The van der Waals surface area contributed by atoms with Crippen LogP contribution in [0.2, 0.25) is 0 Å². The van der Waals surface area contributed by atoms with Gasteiger partial charge in [0.15, 0.2) is 11.6 Å². The highest BCUT2D eigenvalue weighted by atomic mass is 19.2. The number of benzene rings is 2. The van der Waals surface area contributed by atoms with Gasteiger partial charge in [0.25, 0.3) is 0 Å². The summed E-state index contributed by atoms with van der Waals surface area (Å²) in [5.41, 5.74) is 2.14. The molecule has 0 N–H and O–H groups in total. The van der Waals surface area contributed by atoms with Crippen LogP contribution in [-0.2, 0) is 19.3 Å². The summed E-state index contributed by atoms with van der Waals surface area (Å²) in [7, 11) is 0. The van der Waals surface area contributed by atoms with Crippen LogP contribution >= 0.6 is 0 Å². The minimum atomic E-state index is -0.909. The van der Waals surface area contributed by atoms with E-state index < -0.39 is 23.3 Å². The Balaban J connectivity index is 1.78. The second kappa shape index (κ2) is 8.24. The molecule has 140 valence electrons. The SMILES string of the molecule is CCCCCCc1cc(F)c(C2CCc3cc(F)c(F)cc3C2)c(F)c1. The average molecular weight is 364 g/mol. The molecule has 0 saturated carbocycles. The number of hydrogen-bond donors (Lipinski definition) is 0. The summed E-state index contributed by atoms with van der Waals surface area (Å²) in [6, 6.07) is 5.23. The van der Waals surface area contributed by atoms with Crippen molar-refractivity contribution in [2.45, 2.75) is 64.2 Å². The third-order valence-corrected chi connectivity index (χ3v) is 5.34. The third-order valence-electron chi connectivity index (χ3n) is 5.34. The molecular formula is C22H24F4. The van der Waals surface area contributed by atoms with Crippen molar-refractivity contribution in [2.75, 3.05) is 0 Å². The molecule has 4 heteroatoms. The monoisotopic (exact) mass is 364 g/mol. The summed E-state index contributed by atoms with van der Waals surface area (Å²) in [5.74, 6) is -3.17. The Morgan fingerprint density at radius 2 is 1.46 bits per heavy atom. The second-order valence-corrected chi connectivity index (χ2v) is 7.26. The first-order valence-corrected chi connectivity index (χ1v) is 9.44. The van der Waals surface area contributed by atoms with Crippen LogP contribution in [0, 0.1) is 23.3 Å². The lowest BCUT2D eigenvalue weighted by molar-refractivity contribution is 0.476. The summed E-state index contributed by atoms with van der Waals surface area (Å²) in [6.45, 7) is 2.12. The quantitative estimate of drug-likeness (QED) is 0.398. The fraction of sp³-hybridized carbons (Fsp3) is 0.455. The largest absolute Gasteiger partial charge is 0.207 e. The lowest BCUT2D eigenvalue weighted by Crippen LogP contribution is -2.16. The molecule has 0 aliphatic heterocycles. The zero-order chi connectivity index (χ0) is 18.7. The van der Waals surface area contributed by atoms with Gasteiger partial charge in [-0.05, 0) is 79.0 Å². The summed E-state index contributed by atoms with van der Waals surface area (Å²) in [6.07, 6.45) is 6.26. The zero-order valence-corrected chi connectivity index (χ0v) is 15.1. The van der Waals surface area contributed by atoms with E-state index in [1.54, 1.807) is 0 Å². The Labute approximate surface area is 152 Å². The average Bonchev–Trinajstić information content (AvgIpc) is 2.59. The molecule has 3 rings (SSSR count). The number of aryl methyl sites for hydroxylation is 2. The van der Waals surface area contributed by atoms with Crippen LogP contribution in [0.1, 0.15) is 67.2 Å². The minimum absolute atomic E-state index is 0.0812. The van der Waals surface area contributed by atoms with Crippen molar-refractivity contribution in [1.29, 1.82) is 0 Å². The van der Waals surface area contributed by atoms with Gasteiger partial charge in [0.05, 0.1) is 0 Å². The number of fused-ring (bicyclic) bond motifs is 1. The number of hydrogen-bond acceptors (Lipinski definition) is 0. The maximum Gasteiger partial charge on any atom is 0.159 e. The van der Waals surface area contributed by atoms with Gasteiger partial charge in [-0.2, -0.15) is 0 Å². The molecule has 1 atom stereocenters. The molecule has 1 aliphatic carbocycles. The summed E-state index contributed by atoms with van der Waals surface area (Å²) in [5, 5.41) is 0. The van der Waals surface area contributed by atoms with E-state index in [9.17, 15) is 17.6 Å². The van der Waals surface area contributed by atoms with Crippen LogP contribution in [-0.4, -0.2) is 0 Å². The lowest BCUT2D eigenvalue weighted by Gasteiger charge is -2.26. The normalized spacial score (nSPS) is 16.6. The molecule has 26 heavy (non-hydrogen) atoms. The fourth-order valence-corrected chi connectivity index (χ4v) is 3.92. The van der Waals surface area contributed by atoms with Gasteiger partial charge in [0, 0.05) is 5.56 Å². The molecule has 0 saturated heterocycles. The van der Waals surface area contributed by atoms with Crippen LogP contribution < -0.4 is 0 Å². The Hall–Kier alpha value is -1.84. The zero-order valence-electron chi connectivity index (χ0n) is 15.1. The van der Waals surface area contributed by atoms with Crippen molar-refractivity contribution in [3.63, 3.8) is 0 Å². The molecule has 0 aromatic heterocycles. The van der Waals surface area contributed by atoms with E-state index in [-0.39, 0.29) is 11.5 Å². The van der Waals surface area contributed by atoms with Crippen LogP contribution in [0.4, 0.5) is 17.6 Å².